The van der Waals surface area contributed by atoms with E-state index in [1.54, 1.807) is 12.1 Å². The van der Waals surface area contributed by atoms with E-state index in [2.05, 4.69) is 17.1 Å². The molecule has 3 fully saturated rings. The smallest absolute Gasteiger partial charge is 0.243 e. The molecular formula is C19H27N3O4S. The fraction of sp³-hybridized carbons (Fsp3) is 0.632. The molecule has 1 N–H and O–H groups in total. The number of amides is 1. The molecule has 7 nitrogen and oxygen atoms in total. The van der Waals surface area contributed by atoms with Crippen LogP contribution in [-0.4, -0.2) is 58.0 Å². The molecule has 3 aliphatic rings. The van der Waals surface area contributed by atoms with Crippen molar-refractivity contribution in [2.24, 2.45) is 11.8 Å². The van der Waals surface area contributed by atoms with Crippen molar-refractivity contribution in [3.63, 3.8) is 0 Å². The van der Waals surface area contributed by atoms with Gasteiger partial charge in [-0.15, -0.1) is 0 Å². The number of anilines is 2. The van der Waals surface area contributed by atoms with Gasteiger partial charge < -0.3 is 15.0 Å². The Morgan fingerprint density at radius 3 is 2.44 bits per heavy atom. The summed E-state index contributed by atoms with van der Waals surface area (Å²) in [6, 6.07) is 5.13. The van der Waals surface area contributed by atoms with Crippen molar-refractivity contribution >= 4 is 27.3 Å². The standard InChI is InChI=1S/C19H27N3O4S/c1-14-12-16(14)19(23)20-17-13-15(4-5-18(17)21-6-2-3-7-21)27(24,25)22-8-10-26-11-9-22/h4-5,13-14,16H,2-3,6-12H2,1H3,(H,20,23)/t14-,16-/m1/s1. The highest BCUT2D eigenvalue weighted by molar-refractivity contribution is 7.89. The topological polar surface area (TPSA) is 79.0 Å². The van der Waals surface area contributed by atoms with Crippen molar-refractivity contribution in [3.05, 3.63) is 18.2 Å². The van der Waals surface area contributed by atoms with Crippen LogP contribution in [0.1, 0.15) is 26.2 Å². The highest BCUT2D eigenvalue weighted by atomic mass is 32.2. The van der Waals surface area contributed by atoms with Gasteiger partial charge in [0.2, 0.25) is 15.9 Å². The second-order valence-corrected chi connectivity index (χ2v) is 9.64. The predicted molar refractivity (Wildman–Crippen MR) is 103 cm³/mol. The molecule has 1 aromatic rings. The molecule has 8 heteroatoms. The van der Waals surface area contributed by atoms with Gasteiger partial charge in [0.1, 0.15) is 0 Å². The fourth-order valence-corrected chi connectivity index (χ4v) is 5.29. The van der Waals surface area contributed by atoms with E-state index >= 15 is 0 Å². The molecule has 1 aromatic carbocycles. The van der Waals surface area contributed by atoms with Gasteiger partial charge in [-0.2, -0.15) is 4.31 Å². The Balaban J connectivity index is 1.64. The minimum atomic E-state index is -3.59. The zero-order chi connectivity index (χ0) is 19.0. The van der Waals surface area contributed by atoms with E-state index in [9.17, 15) is 13.2 Å². The third-order valence-corrected chi connectivity index (χ3v) is 7.62. The summed E-state index contributed by atoms with van der Waals surface area (Å²) < 4.78 is 32.7. The molecule has 0 spiro atoms. The number of rotatable bonds is 5. The number of hydrogen-bond donors (Lipinski definition) is 1. The van der Waals surface area contributed by atoms with Crippen LogP contribution in [0.25, 0.3) is 0 Å². The Morgan fingerprint density at radius 2 is 1.81 bits per heavy atom. The average Bonchev–Trinajstić information content (AvgIpc) is 3.17. The number of benzene rings is 1. The number of ether oxygens (including phenoxy) is 1. The van der Waals surface area contributed by atoms with E-state index in [0.29, 0.717) is 37.9 Å². The summed E-state index contributed by atoms with van der Waals surface area (Å²) in [4.78, 5) is 15.0. The Hall–Kier alpha value is -1.64. The van der Waals surface area contributed by atoms with E-state index in [-0.39, 0.29) is 16.7 Å². The second-order valence-electron chi connectivity index (χ2n) is 7.70. The lowest BCUT2D eigenvalue weighted by Gasteiger charge is -2.27. The molecule has 4 rings (SSSR count). The number of carbonyl (C=O) groups is 1. The highest BCUT2D eigenvalue weighted by Crippen LogP contribution is 2.40. The first kappa shape index (κ1) is 18.7. The maximum atomic E-state index is 13.0. The number of nitrogens with one attached hydrogen (secondary N) is 1. The van der Waals surface area contributed by atoms with Crippen LogP contribution in [0, 0.1) is 11.8 Å². The van der Waals surface area contributed by atoms with E-state index in [1.807, 2.05) is 6.07 Å². The van der Waals surface area contributed by atoms with Crippen molar-refractivity contribution in [1.82, 2.24) is 4.31 Å². The van der Waals surface area contributed by atoms with Gasteiger partial charge in [0.05, 0.1) is 29.5 Å². The number of hydrogen-bond acceptors (Lipinski definition) is 5. The van der Waals surface area contributed by atoms with Gasteiger partial charge in [-0.05, 0) is 43.4 Å². The second kappa shape index (κ2) is 7.41. The lowest BCUT2D eigenvalue weighted by molar-refractivity contribution is -0.117. The van der Waals surface area contributed by atoms with Crippen molar-refractivity contribution in [2.45, 2.75) is 31.1 Å². The number of sulfonamides is 1. The van der Waals surface area contributed by atoms with Gasteiger partial charge in [-0.1, -0.05) is 6.92 Å². The van der Waals surface area contributed by atoms with Gasteiger partial charge in [0.25, 0.3) is 0 Å². The molecule has 148 valence electrons. The molecule has 2 heterocycles. The van der Waals surface area contributed by atoms with Crippen LogP contribution < -0.4 is 10.2 Å². The summed E-state index contributed by atoms with van der Waals surface area (Å²) >= 11 is 0. The monoisotopic (exact) mass is 393 g/mol. The third kappa shape index (κ3) is 3.83. The maximum absolute atomic E-state index is 13.0. The molecule has 0 unspecified atom stereocenters. The van der Waals surface area contributed by atoms with Crippen LogP contribution in [0.5, 0.6) is 0 Å². The molecule has 0 radical (unpaired) electrons. The van der Waals surface area contributed by atoms with Crippen LogP contribution in [0.3, 0.4) is 0 Å². The zero-order valence-corrected chi connectivity index (χ0v) is 16.5. The van der Waals surface area contributed by atoms with Gasteiger partial charge in [-0.25, -0.2) is 8.42 Å². The molecular weight excluding hydrogens is 366 g/mol. The van der Waals surface area contributed by atoms with Gasteiger partial charge in [0, 0.05) is 32.1 Å². The Bertz CT molecular complexity index is 814. The molecule has 2 aliphatic heterocycles. The quantitative estimate of drug-likeness (QED) is 0.827. The fourth-order valence-electron chi connectivity index (χ4n) is 3.86. The van der Waals surface area contributed by atoms with Crippen LogP contribution in [0.4, 0.5) is 11.4 Å². The van der Waals surface area contributed by atoms with E-state index in [0.717, 1.165) is 38.0 Å². The molecule has 2 saturated heterocycles. The summed E-state index contributed by atoms with van der Waals surface area (Å²) in [5.74, 6) is 0.431. The minimum absolute atomic E-state index is 0.0103. The predicted octanol–water partition coefficient (Wildman–Crippen LogP) is 1.90. The summed E-state index contributed by atoms with van der Waals surface area (Å²) in [6.45, 7) is 5.46. The third-order valence-electron chi connectivity index (χ3n) is 5.73. The SMILES string of the molecule is C[C@@H]1C[C@H]1C(=O)Nc1cc(S(=O)(=O)N2CCOCC2)ccc1N1CCCC1. The van der Waals surface area contributed by atoms with Gasteiger partial charge in [0.15, 0.2) is 0 Å². The number of nitrogens with zero attached hydrogens (tertiary/aromatic N) is 2. The minimum Gasteiger partial charge on any atom is -0.379 e. The van der Waals surface area contributed by atoms with Crippen LogP contribution in [0.2, 0.25) is 0 Å². The number of morpholine rings is 1. The first-order valence-corrected chi connectivity index (χ1v) is 11.2. The summed E-state index contributed by atoms with van der Waals surface area (Å²) in [5.41, 5.74) is 1.52. The highest BCUT2D eigenvalue weighted by Gasteiger charge is 2.39. The normalized spacial score (nSPS) is 26.2. The average molecular weight is 394 g/mol. The summed E-state index contributed by atoms with van der Waals surface area (Å²) in [7, 11) is -3.59. The van der Waals surface area contributed by atoms with Crippen molar-refractivity contribution in [2.75, 3.05) is 49.6 Å². The molecule has 1 aliphatic carbocycles. The van der Waals surface area contributed by atoms with Crippen molar-refractivity contribution in [3.8, 4) is 0 Å². The molecule has 0 bridgehead atoms. The van der Waals surface area contributed by atoms with E-state index < -0.39 is 10.0 Å². The Kier molecular flexibility index (Phi) is 5.13. The summed E-state index contributed by atoms with van der Waals surface area (Å²) in [6.07, 6.45) is 3.12. The summed E-state index contributed by atoms with van der Waals surface area (Å²) in [5, 5.41) is 3.01. The molecule has 27 heavy (non-hydrogen) atoms. The van der Waals surface area contributed by atoms with Gasteiger partial charge >= 0.3 is 0 Å². The van der Waals surface area contributed by atoms with Crippen LogP contribution >= 0.6 is 0 Å². The molecule has 1 amide bonds. The van der Waals surface area contributed by atoms with Crippen LogP contribution in [-0.2, 0) is 19.6 Å². The lowest BCUT2D eigenvalue weighted by atomic mass is 10.2. The van der Waals surface area contributed by atoms with Crippen molar-refractivity contribution in [1.29, 1.82) is 0 Å². The first-order valence-electron chi connectivity index (χ1n) is 9.74. The molecule has 0 aromatic heterocycles. The van der Waals surface area contributed by atoms with E-state index in [4.69, 9.17) is 4.74 Å². The molecule has 2 atom stereocenters. The van der Waals surface area contributed by atoms with Gasteiger partial charge in [-0.3, -0.25) is 4.79 Å². The Labute approximate surface area is 160 Å². The first-order chi connectivity index (χ1) is 13.0. The largest absolute Gasteiger partial charge is 0.379 e. The van der Waals surface area contributed by atoms with Crippen LogP contribution in [0.15, 0.2) is 23.1 Å². The maximum Gasteiger partial charge on any atom is 0.243 e. The van der Waals surface area contributed by atoms with E-state index in [1.165, 1.54) is 4.31 Å². The number of carbonyl (C=O) groups excluding carboxylic acids is 1. The lowest BCUT2D eigenvalue weighted by Crippen LogP contribution is -2.40. The Morgan fingerprint density at radius 1 is 1.15 bits per heavy atom. The van der Waals surface area contributed by atoms with Crippen molar-refractivity contribution < 1.29 is 17.9 Å². The molecule has 1 saturated carbocycles. The zero-order valence-electron chi connectivity index (χ0n) is 15.7.